The van der Waals surface area contributed by atoms with Crippen molar-refractivity contribution < 1.29 is 19.3 Å². The predicted octanol–water partition coefficient (Wildman–Crippen LogP) is 2.95. The molecule has 26 heavy (non-hydrogen) atoms. The van der Waals surface area contributed by atoms with Crippen LogP contribution in [0.2, 0.25) is 0 Å². The van der Waals surface area contributed by atoms with Crippen molar-refractivity contribution in [1.29, 1.82) is 0 Å². The molecule has 0 saturated carbocycles. The first-order chi connectivity index (χ1) is 12.7. The summed E-state index contributed by atoms with van der Waals surface area (Å²) in [5.41, 5.74) is 3.56. The fourth-order valence-corrected chi connectivity index (χ4v) is 3.62. The molecular weight excluding hydrogens is 330 g/mol. The fourth-order valence-electron chi connectivity index (χ4n) is 3.62. The molecule has 0 aromatic heterocycles. The molecule has 1 fully saturated rings. The Morgan fingerprint density at radius 1 is 1.12 bits per heavy atom. The predicted molar refractivity (Wildman–Crippen MR) is 101 cm³/mol. The van der Waals surface area contributed by atoms with E-state index in [4.69, 9.17) is 14.2 Å². The number of hydrogen-bond donors (Lipinski definition) is 1. The van der Waals surface area contributed by atoms with Crippen LogP contribution in [0.5, 0.6) is 11.5 Å². The molecule has 0 amide bonds. The lowest BCUT2D eigenvalue weighted by Crippen LogP contribution is -2.46. The molecule has 0 unspecified atom stereocenters. The third-order valence-corrected chi connectivity index (χ3v) is 4.85. The molecule has 0 bridgehead atoms. The van der Waals surface area contributed by atoms with Gasteiger partial charge in [0.05, 0.1) is 33.5 Å². The van der Waals surface area contributed by atoms with Crippen LogP contribution in [0.25, 0.3) is 0 Å². The van der Waals surface area contributed by atoms with Crippen LogP contribution >= 0.6 is 0 Å². The van der Waals surface area contributed by atoms with Crippen LogP contribution < -0.4 is 9.47 Å². The molecule has 1 N–H and O–H groups in total. The number of nitrogens with zero attached hydrogens (tertiary/aromatic N) is 1. The fraction of sp³-hybridized carbons (Fsp3) is 0.429. The van der Waals surface area contributed by atoms with Crippen LogP contribution in [0.4, 0.5) is 0 Å². The minimum absolute atomic E-state index is 0.0245. The average Bonchev–Trinajstić information content (AvgIpc) is 2.67. The zero-order valence-electron chi connectivity index (χ0n) is 15.6. The minimum Gasteiger partial charge on any atom is -0.493 e. The Bertz CT molecular complexity index is 734. The maximum Gasteiger partial charge on any atom is 0.161 e. The molecule has 2 atom stereocenters. The summed E-state index contributed by atoms with van der Waals surface area (Å²) >= 11 is 0. The first-order valence-electron chi connectivity index (χ1n) is 8.90. The van der Waals surface area contributed by atoms with E-state index < -0.39 is 0 Å². The molecular formula is C21H27NO4. The van der Waals surface area contributed by atoms with E-state index >= 15 is 0 Å². The molecule has 5 nitrogen and oxygen atoms in total. The first kappa shape index (κ1) is 18.7. The van der Waals surface area contributed by atoms with Crippen molar-refractivity contribution in [3.05, 3.63) is 59.2 Å². The molecule has 1 aliphatic rings. The van der Waals surface area contributed by atoms with Gasteiger partial charge >= 0.3 is 0 Å². The number of hydrogen-bond acceptors (Lipinski definition) is 5. The molecule has 0 aliphatic carbocycles. The van der Waals surface area contributed by atoms with Crippen LogP contribution in [-0.4, -0.2) is 50.1 Å². The van der Waals surface area contributed by atoms with Crippen molar-refractivity contribution in [3.8, 4) is 11.5 Å². The topological polar surface area (TPSA) is 51.2 Å². The molecule has 140 valence electrons. The first-order valence-corrected chi connectivity index (χ1v) is 8.90. The minimum atomic E-state index is -0.272. The summed E-state index contributed by atoms with van der Waals surface area (Å²) in [6.45, 7) is 4.30. The van der Waals surface area contributed by atoms with Gasteiger partial charge in [-0.25, -0.2) is 0 Å². The summed E-state index contributed by atoms with van der Waals surface area (Å²) in [5, 5.41) is 9.87. The zero-order chi connectivity index (χ0) is 18.5. The largest absolute Gasteiger partial charge is 0.493 e. The van der Waals surface area contributed by atoms with Crippen LogP contribution in [0.1, 0.15) is 22.7 Å². The molecule has 1 aliphatic heterocycles. The third-order valence-electron chi connectivity index (χ3n) is 4.85. The Morgan fingerprint density at radius 2 is 1.92 bits per heavy atom. The van der Waals surface area contributed by atoms with Crippen LogP contribution in [0, 0.1) is 6.92 Å². The Morgan fingerprint density at radius 3 is 2.62 bits per heavy atom. The maximum atomic E-state index is 9.87. The lowest BCUT2D eigenvalue weighted by atomic mass is 9.97. The van der Waals surface area contributed by atoms with Gasteiger partial charge in [0.15, 0.2) is 11.5 Å². The Labute approximate surface area is 155 Å². The summed E-state index contributed by atoms with van der Waals surface area (Å²) < 4.78 is 16.7. The van der Waals surface area contributed by atoms with Gasteiger partial charge in [0.2, 0.25) is 0 Å². The highest BCUT2D eigenvalue weighted by Crippen LogP contribution is 2.36. The molecule has 3 rings (SSSR count). The van der Waals surface area contributed by atoms with Crippen LogP contribution in [-0.2, 0) is 11.3 Å². The summed E-state index contributed by atoms with van der Waals surface area (Å²) in [4.78, 5) is 2.36. The van der Waals surface area contributed by atoms with Gasteiger partial charge in [-0.1, -0.05) is 35.9 Å². The van der Waals surface area contributed by atoms with Gasteiger partial charge in [0, 0.05) is 13.1 Å². The summed E-state index contributed by atoms with van der Waals surface area (Å²) in [7, 11) is 3.26. The van der Waals surface area contributed by atoms with E-state index in [0.29, 0.717) is 18.1 Å². The Balaban J connectivity index is 1.93. The molecule has 2 aromatic rings. The number of aliphatic hydroxyl groups is 1. The number of ether oxygens (including phenoxy) is 3. The lowest BCUT2D eigenvalue weighted by molar-refractivity contribution is -0.0961. The van der Waals surface area contributed by atoms with Gasteiger partial charge in [-0.2, -0.15) is 0 Å². The second-order valence-corrected chi connectivity index (χ2v) is 6.61. The zero-order valence-corrected chi connectivity index (χ0v) is 15.6. The summed E-state index contributed by atoms with van der Waals surface area (Å²) in [5.74, 6) is 1.38. The number of morpholine rings is 1. The highest BCUT2D eigenvalue weighted by atomic mass is 16.5. The molecule has 1 saturated heterocycles. The van der Waals surface area contributed by atoms with Crippen molar-refractivity contribution in [2.45, 2.75) is 25.6 Å². The van der Waals surface area contributed by atoms with E-state index in [1.165, 1.54) is 11.1 Å². The standard InChI is InChI=1S/C21H27NO4/c1-15-5-4-6-16(11-15)13-22-9-10-26-20(14-23)21(22)17-7-8-18(24-2)19(12-17)25-3/h4-8,11-12,20-21,23H,9-10,13-14H2,1-3H3/t20-,21-/m1/s1. The van der Waals surface area contributed by atoms with E-state index in [1.54, 1.807) is 14.2 Å². The van der Waals surface area contributed by atoms with Gasteiger partial charge in [0.25, 0.3) is 0 Å². The monoisotopic (exact) mass is 357 g/mol. The van der Waals surface area contributed by atoms with E-state index in [0.717, 1.165) is 18.7 Å². The van der Waals surface area contributed by atoms with Crippen molar-refractivity contribution in [3.63, 3.8) is 0 Å². The van der Waals surface area contributed by atoms with Crippen LogP contribution in [0.15, 0.2) is 42.5 Å². The Hall–Kier alpha value is -2.08. The molecule has 0 spiro atoms. The normalized spacial score (nSPS) is 20.8. The smallest absolute Gasteiger partial charge is 0.161 e. The average molecular weight is 357 g/mol. The number of methoxy groups -OCH3 is 2. The van der Waals surface area contributed by atoms with E-state index in [2.05, 4.69) is 36.1 Å². The Kier molecular flexibility index (Phi) is 6.14. The van der Waals surface area contributed by atoms with E-state index in [1.807, 2.05) is 18.2 Å². The van der Waals surface area contributed by atoms with Crippen molar-refractivity contribution in [2.24, 2.45) is 0 Å². The van der Waals surface area contributed by atoms with E-state index in [-0.39, 0.29) is 18.8 Å². The third kappa shape index (κ3) is 4.01. The maximum absolute atomic E-state index is 9.87. The van der Waals surface area contributed by atoms with Crippen LogP contribution in [0.3, 0.4) is 0 Å². The number of rotatable bonds is 6. The van der Waals surface area contributed by atoms with Gasteiger partial charge in [-0.3, -0.25) is 4.90 Å². The molecule has 5 heteroatoms. The van der Waals surface area contributed by atoms with Gasteiger partial charge in [0.1, 0.15) is 6.10 Å². The van der Waals surface area contributed by atoms with Gasteiger partial charge in [-0.05, 0) is 30.2 Å². The van der Waals surface area contributed by atoms with Crippen molar-refractivity contribution >= 4 is 0 Å². The van der Waals surface area contributed by atoms with Gasteiger partial charge < -0.3 is 19.3 Å². The van der Waals surface area contributed by atoms with Gasteiger partial charge in [-0.15, -0.1) is 0 Å². The number of aryl methyl sites for hydroxylation is 1. The molecule has 1 heterocycles. The molecule has 0 radical (unpaired) electrons. The second kappa shape index (κ2) is 8.54. The highest BCUT2D eigenvalue weighted by Gasteiger charge is 2.33. The second-order valence-electron chi connectivity index (χ2n) is 6.61. The quantitative estimate of drug-likeness (QED) is 0.861. The molecule has 2 aromatic carbocycles. The van der Waals surface area contributed by atoms with E-state index in [9.17, 15) is 5.11 Å². The number of aliphatic hydroxyl groups excluding tert-OH is 1. The number of benzene rings is 2. The van der Waals surface area contributed by atoms with Crippen molar-refractivity contribution in [1.82, 2.24) is 4.90 Å². The summed E-state index contributed by atoms with van der Waals surface area (Å²) in [6, 6.07) is 14.4. The summed E-state index contributed by atoms with van der Waals surface area (Å²) in [6.07, 6.45) is -0.272. The lowest BCUT2D eigenvalue weighted by Gasteiger charge is -2.41. The van der Waals surface area contributed by atoms with Crippen molar-refractivity contribution in [2.75, 3.05) is 34.0 Å². The SMILES string of the molecule is COc1ccc([C@@H]2[C@@H](CO)OCCN2Cc2cccc(C)c2)cc1OC. The highest BCUT2D eigenvalue weighted by molar-refractivity contribution is 5.44.